The van der Waals surface area contributed by atoms with Crippen LogP contribution in [0, 0.1) is 5.82 Å². The summed E-state index contributed by atoms with van der Waals surface area (Å²) in [5.41, 5.74) is -0.282. The highest BCUT2D eigenvalue weighted by Crippen LogP contribution is 2.24. The van der Waals surface area contributed by atoms with Gasteiger partial charge in [0, 0.05) is 13.1 Å². The monoisotopic (exact) mass is 401 g/mol. The minimum Gasteiger partial charge on any atom is -0.317 e. The van der Waals surface area contributed by atoms with Crippen LogP contribution in [0.15, 0.2) is 23.1 Å². The maximum absolute atomic E-state index is 14.0. The molecule has 0 saturated carbocycles. The van der Waals surface area contributed by atoms with Gasteiger partial charge < -0.3 is 5.32 Å². The molecule has 24 heavy (non-hydrogen) atoms. The van der Waals surface area contributed by atoms with Crippen molar-refractivity contribution < 1.29 is 21.2 Å². The SMILES string of the molecule is CN(C1CCNCC1)S(=O)(=O)c1ccc(NS(C)(=O)=O)c(F)c1.Cl. The highest BCUT2D eigenvalue weighted by atomic mass is 35.5. The molecule has 1 aliphatic heterocycles. The standard InChI is InChI=1S/C13H20FN3O4S2.ClH/c1-17(10-5-7-15-8-6-10)23(20,21)11-3-4-13(12(14)9-11)16-22(2,18)19;/h3-4,9-10,15-16H,5-8H2,1-2H3;1H. The van der Waals surface area contributed by atoms with E-state index < -0.39 is 25.9 Å². The fourth-order valence-electron chi connectivity index (χ4n) is 2.47. The molecule has 0 aliphatic carbocycles. The molecule has 1 heterocycles. The summed E-state index contributed by atoms with van der Waals surface area (Å²) in [7, 11) is -5.99. The van der Waals surface area contributed by atoms with Gasteiger partial charge in [0.05, 0.1) is 16.8 Å². The summed E-state index contributed by atoms with van der Waals surface area (Å²) in [6.45, 7) is 1.46. The van der Waals surface area contributed by atoms with Gasteiger partial charge in [0.25, 0.3) is 0 Å². The van der Waals surface area contributed by atoms with Crippen LogP contribution in [0.1, 0.15) is 12.8 Å². The number of hydrogen-bond acceptors (Lipinski definition) is 5. The molecule has 1 saturated heterocycles. The van der Waals surface area contributed by atoms with Crippen LogP contribution >= 0.6 is 12.4 Å². The average Bonchev–Trinajstić information content (AvgIpc) is 2.48. The number of nitrogens with zero attached hydrogens (tertiary/aromatic N) is 1. The lowest BCUT2D eigenvalue weighted by Crippen LogP contribution is -2.43. The quantitative estimate of drug-likeness (QED) is 0.767. The van der Waals surface area contributed by atoms with Crippen molar-refractivity contribution in [2.45, 2.75) is 23.8 Å². The van der Waals surface area contributed by atoms with Crippen LogP contribution in [0.2, 0.25) is 0 Å². The van der Waals surface area contributed by atoms with Gasteiger partial charge in [-0.15, -0.1) is 12.4 Å². The Hall–Kier alpha value is -0.940. The van der Waals surface area contributed by atoms with Crippen molar-refractivity contribution in [2.75, 3.05) is 31.1 Å². The third kappa shape index (κ3) is 5.03. The number of nitrogens with one attached hydrogen (secondary N) is 2. The molecule has 0 amide bonds. The summed E-state index contributed by atoms with van der Waals surface area (Å²) in [6, 6.07) is 3.00. The third-order valence-electron chi connectivity index (χ3n) is 3.74. The van der Waals surface area contributed by atoms with E-state index in [-0.39, 0.29) is 29.0 Å². The van der Waals surface area contributed by atoms with Crippen molar-refractivity contribution in [3.05, 3.63) is 24.0 Å². The molecule has 2 rings (SSSR count). The second-order valence-electron chi connectivity index (χ2n) is 5.52. The van der Waals surface area contributed by atoms with Crippen molar-refractivity contribution in [1.29, 1.82) is 0 Å². The summed E-state index contributed by atoms with van der Waals surface area (Å²) in [6.07, 6.45) is 2.26. The van der Waals surface area contributed by atoms with Crippen molar-refractivity contribution >= 4 is 38.1 Å². The van der Waals surface area contributed by atoms with E-state index in [1.165, 1.54) is 17.4 Å². The molecular formula is C13H21ClFN3O4S2. The zero-order chi connectivity index (χ0) is 17.3. The van der Waals surface area contributed by atoms with Crippen molar-refractivity contribution in [3.8, 4) is 0 Å². The minimum absolute atomic E-state index is 0. The van der Waals surface area contributed by atoms with E-state index in [9.17, 15) is 21.2 Å². The summed E-state index contributed by atoms with van der Waals surface area (Å²) in [4.78, 5) is -0.199. The molecule has 0 aromatic heterocycles. The Morgan fingerprint density at radius 1 is 1.21 bits per heavy atom. The Morgan fingerprint density at radius 3 is 2.29 bits per heavy atom. The summed E-state index contributed by atoms with van der Waals surface area (Å²) < 4.78 is 64.7. The first kappa shape index (κ1) is 21.1. The van der Waals surface area contributed by atoms with Crippen molar-refractivity contribution in [1.82, 2.24) is 9.62 Å². The first-order valence-corrected chi connectivity index (χ1v) is 10.4. The fraction of sp³-hybridized carbons (Fsp3) is 0.538. The maximum Gasteiger partial charge on any atom is 0.243 e. The van der Waals surface area contributed by atoms with Crippen LogP contribution in [0.4, 0.5) is 10.1 Å². The Balaban J connectivity index is 0.00000288. The predicted octanol–water partition coefficient (Wildman–Crippen LogP) is 0.991. The van der Waals surface area contributed by atoms with Gasteiger partial charge in [0.1, 0.15) is 5.82 Å². The molecule has 1 aliphatic rings. The number of hydrogen-bond donors (Lipinski definition) is 2. The van der Waals surface area contributed by atoms with Crippen LogP contribution in [0.5, 0.6) is 0 Å². The van der Waals surface area contributed by atoms with Gasteiger partial charge >= 0.3 is 0 Å². The largest absolute Gasteiger partial charge is 0.317 e. The van der Waals surface area contributed by atoms with E-state index in [0.717, 1.165) is 31.5 Å². The van der Waals surface area contributed by atoms with Crippen LogP contribution in [0.3, 0.4) is 0 Å². The number of piperidine rings is 1. The third-order valence-corrected chi connectivity index (χ3v) is 6.23. The van der Waals surface area contributed by atoms with Gasteiger partial charge in [0.2, 0.25) is 20.0 Å². The van der Waals surface area contributed by atoms with Gasteiger partial charge in [0.15, 0.2) is 0 Å². The highest BCUT2D eigenvalue weighted by Gasteiger charge is 2.29. The number of rotatable bonds is 5. The number of benzene rings is 1. The fourth-order valence-corrected chi connectivity index (χ4v) is 4.46. The lowest BCUT2D eigenvalue weighted by Gasteiger charge is -2.30. The Labute approximate surface area is 148 Å². The van der Waals surface area contributed by atoms with Crippen molar-refractivity contribution in [2.24, 2.45) is 0 Å². The van der Waals surface area contributed by atoms with Gasteiger partial charge in [-0.05, 0) is 44.1 Å². The maximum atomic E-state index is 14.0. The van der Waals surface area contributed by atoms with Gasteiger partial charge in [-0.25, -0.2) is 21.2 Å². The Bertz CT molecular complexity index is 780. The molecule has 11 heteroatoms. The highest BCUT2D eigenvalue weighted by molar-refractivity contribution is 7.92. The predicted molar refractivity (Wildman–Crippen MR) is 93.0 cm³/mol. The van der Waals surface area contributed by atoms with E-state index in [1.807, 2.05) is 4.72 Å². The molecule has 138 valence electrons. The Kier molecular flexibility index (Phi) is 7.00. The minimum atomic E-state index is -3.83. The van der Waals surface area contributed by atoms with Gasteiger partial charge in [-0.2, -0.15) is 4.31 Å². The second kappa shape index (κ2) is 7.96. The topological polar surface area (TPSA) is 95.6 Å². The molecule has 1 fully saturated rings. The molecule has 2 N–H and O–H groups in total. The molecule has 0 radical (unpaired) electrons. The Morgan fingerprint density at radius 2 is 1.79 bits per heavy atom. The van der Waals surface area contributed by atoms with Crippen LogP contribution in [-0.4, -0.2) is 53.6 Å². The van der Waals surface area contributed by atoms with Crippen LogP contribution in [-0.2, 0) is 20.0 Å². The van der Waals surface area contributed by atoms with Gasteiger partial charge in [-0.1, -0.05) is 0 Å². The number of sulfonamides is 2. The average molecular weight is 402 g/mol. The molecular weight excluding hydrogens is 381 g/mol. The van der Waals surface area contributed by atoms with E-state index in [1.54, 1.807) is 0 Å². The van der Waals surface area contributed by atoms with E-state index in [0.29, 0.717) is 12.8 Å². The van der Waals surface area contributed by atoms with Crippen LogP contribution in [0.25, 0.3) is 0 Å². The number of halogens is 2. The first-order valence-electron chi connectivity index (χ1n) is 7.07. The molecule has 1 aromatic carbocycles. The summed E-state index contributed by atoms with van der Waals surface area (Å²) in [5.74, 6) is -0.935. The molecule has 7 nitrogen and oxygen atoms in total. The second-order valence-corrected chi connectivity index (χ2v) is 9.26. The number of anilines is 1. The molecule has 0 spiro atoms. The molecule has 0 unspecified atom stereocenters. The zero-order valence-corrected chi connectivity index (χ0v) is 15.8. The normalized spacial score (nSPS) is 16.7. The van der Waals surface area contributed by atoms with Crippen molar-refractivity contribution in [3.63, 3.8) is 0 Å². The van der Waals surface area contributed by atoms with Crippen LogP contribution < -0.4 is 10.0 Å². The summed E-state index contributed by atoms with van der Waals surface area (Å²) in [5, 5.41) is 3.15. The molecule has 0 atom stereocenters. The first-order chi connectivity index (χ1) is 10.6. The summed E-state index contributed by atoms with van der Waals surface area (Å²) >= 11 is 0. The van der Waals surface area contributed by atoms with E-state index in [2.05, 4.69) is 5.32 Å². The molecule has 1 aromatic rings. The zero-order valence-electron chi connectivity index (χ0n) is 13.3. The smallest absolute Gasteiger partial charge is 0.243 e. The lowest BCUT2D eigenvalue weighted by molar-refractivity contribution is 0.296. The van der Waals surface area contributed by atoms with Gasteiger partial charge in [-0.3, -0.25) is 4.72 Å². The van der Waals surface area contributed by atoms with E-state index in [4.69, 9.17) is 0 Å². The molecule has 0 bridgehead atoms. The lowest BCUT2D eigenvalue weighted by atomic mass is 10.1. The van der Waals surface area contributed by atoms with E-state index >= 15 is 0 Å².